The molecule has 0 radical (unpaired) electrons. The van der Waals surface area contributed by atoms with E-state index in [4.69, 9.17) is 0 Å². The number of carbonyl (C=O) groups is 1. The number of nitrogens with zero attached hydrogens (tertiary/aromatic N) is 7. The van der Waals surface area contributed by atoms with Crippen LogP contribution in [0.2, 0.25) is 0 Å². The maximum absolute atomic E-state index is 12.9. The number of anilines is 1. The van der Waals surface area contributed by atoms with E-state index < -0.39 is 0 Å². The van der Waals surface area contributed by atoms with Crippen LogP contribution in [0.1, 0.15) is 0 Å². The Bertz CT molecular complexity index is 1260. The first-order chi connectivity index (χ1) is 15.2. The third-order valence-electron chi connectivity index (χ3n) is 5.49. The van der Waals surface area contributed by atoms with E-state index in [2.05, 4.69) is 32.3 Å². The Balaban J connectivity index is 1.30. The fourth-order valence-corrected chi connectivity index (χ4v) is 3.80. The van der Waals surface area contributed by atoms with E-state index in [1.165, 1.54) is 15.6 Å². The van der Waals surface area contributed by atoms with Crippen LogP contribution in [-0.2, 0) is 11.3 Å². The van der Waals surface area contributed by atoms with Crippen LogP contribution in [0.25, 0.3) is 16.9 Å². The summed E-state index contributed by atoms with van der Waals surface area (Å²) in [5.74, 6) is -0.105. The number of hydrogen-bond acceptors (Lipinski definition) is 6. The Hall–Kier alpha value is -4.01. The van der Waals surface area contributed by atoms with Crippen LogP contribution in [0.4, 0.5) is 5.69 Å². The highest BCUT2D eigenvalue weighted by atomic mass is 16.2. The average Bonchev–Trinajstić information content (AvgIpc) is 3.27. The molecule has 2 aromatic heterocycles. The summed E-state index contributed by atoms with van der Waals surface area (Å²) in [5, 5.41) is 8.07. The second kappa shape index (κ2) is 8.02. The molecule has 156 valence electrons. The van der Waals surface area contributed by atoms with Crippen LogP contribution in [-0.4, -0.2) is 61.5 Å². The van der Waals surface area contributed by atoms with Crippen LogP contribution in [0, 0.1) is 0 Å². The van der Waals surface area contributed by atoms with Gasteiger partial charge in [-0.2, -0.15) is 4.68 Å². The molecule has 0 saturated carbocycles. The molecule has 5 rings (SSSR count). The minimum absolute atomic E-state index is 0.0642. The molecule has 1 aliphatic heterocycles. The van der Waals surface area contributed by atoms with Gasteiger partial charge in [0.1, 0.15) is 12.9 Å². The van der Waals surface area contributed by atoms with Crippen molar-refractivity contribution in [2.45, 2.75) is 6.54 Å². The van der Waals surface area contributed by atoms with Crippen molar-refractivity contribution in [2.75, 3.05) is 31.1 Å². The number of benzene rings is 2. The topological polar surface area (TPSA) is 89.1 Å². The maximum atomic E-state index is 12.9. The van der Waals surface area contributed by atoms with Gasteiger partial charge in [0.05, 0.1) is 5.69 Å². The van der Waals surface area contributed by atoms with Gasteiger partial charge in [-0.05, 0) is 24.3 Å². The zero-order valence-corrected chi connectivity index (χ0v) is 16.8. The summed E-state index contributed by atoms with van der Waals surface area (Å²) in [6, 6.07) is 19.5. The average molecular weight is 415 g/mol. The molecule has 1 fully saturated rings. The van der Waals surface area contributed by atoms with Gasteiger partial charge in [-0.1, -0.05) is 41.6 Å². The van der Waals surface area contributed by atoms with Crippen molar-refractivity contribution in [2.24, 2.45) is 0 Å². The SMILES string of the molecule is O=C(Cn1cnc2c(nnn2-c2ccccc2)c1=O)N1CCN(c2ccccc2)CC1. The van der Waals surface area contributed by atoms with E-state index in [1.54, 1.807) is 4.90 Å². The number of para-hydroxylation sites is 2. The van der Waals surface area contributed by atoms with Gasteiger partial charge in [-0.15, -0.1) is 5.10 Å². The van der Waals surface area contributed by atoms with E-state index in [0.717, 1.165) is 24.5 Å². The predicted octanol–water partition coefficient (Wildman–Crippen LogP) is 1.33. The van der Waals surface area contributed by atoms with E-state index in [1.807, 2.05) is 48.5 Å². The molecule has 9 nitrogen and oxygen atoms in total. The minimum Gasteiger partial charge on any atom is -0.368 e. The van der Waals surface area contributed by atoms with Crippen LogP contribution < -0.4 is 10.5 Å². The Morgan fingerprint density at radius 1 is 0.871 bits per heavy atom. The van der Waals surface area contributed by atoms with Crippen molar-refractivity contribution >= 4 is 22.8 Å². The largest absolute Gasteiger partial charge is 0.368 e. The number of fused-ring (bicyclic) bond motifs is 1. The van der Waals surface area contributed by atoms with Crippen molar-refractivity contribution in [1.82, 2.24) is 29.4 Å². The van der Waals surface area contributed by atoms with Crippen LogP contribution in [0.5, 0.6) is 0 Å². The molecule has 0 N–H and O–H groups in total. The predicted molar refractivity (Wildman–Crippen MR) is 116 cm³/mol. The fourth-order valence-electron chi connectivity index (χ4n) is 3.80. The fraction of sp³-hybridized carbons (Fsp3) is 0.227. The summed E-state index contributed by atoms with van der Waals surface area (Å²) >= 11 is 0. The Morgan fingerprint density at radius 3 is 2.19 bits per heavy atom. The zero-order chi connectivity index (χ0) is 21.2. The van der Waals surface area contributed by atoms with E-state index >= 15 is 0 Å². The molecule has 0 spiro atoms. The molecular weight excluding hydrogens is 394 g/mol. The second-order valence-corrected chi connectivity index (χ2v) is 7.39. The smallest absolute Gasteiger partial charge is 0.284 e. The zero-order valence-electron chi connectivity index (χ0n) is 16.8. The van der Waals surface area contributed by atoms with E-state index in [9.17, 15) is 9.59 Å². The maximum Gasteiger partial charge on any atom is 0.284 e. The van der Waals surface area contributed by atoms with Gasteiger partial charge in [-0.3, -0.25) is 14.2 Å². The highest BCUT2D eigenvalue weighted by Gasteiger charge is 2.22. The lowest BCUT2D eigenvalue weighted by molar-refractivity contribution is -0.132. The molecule has 3 heterocycles. The first-order valence-corrected chi connectivity index (χ1v) is 10.1. The van der Waals surface area contributed by atoms with Crippen molar-refractivity contribution in [3.8, 4) is 5.69 Å². The summed E-state index contributed by atoms with van der Waals surface area (Å²) in [6.07, 6.45) is 1.39. The summed E-state index contributed by atoms with van der Waals surface area (Å²) in [5.41, 5.74) is 2.07. The summed E-state index contributed by atoms with van der Waals surface area (Å²) in [4.78, 5) is 34.1. The van der Waals surface area contributed by atoms with Crippen molar-refractivity contribution in [3.63, 3.8) is 0 Å². The first-order valence-electron chi connectivity index (χ1n) is 10.1. The van der Waals surface area contributed by atoms with Gasteiger partial charge in [0.2, 0.25) is 5.91 Å². The number of aromatic nitrogens is 5. The van der Waals surface area contributed by atoms with Gasteiger partial charge in [-0.25, -0.2) is 4.98 Å². The monoisotopic (exact) mass is 415 g/mol. The molecule has 0 bridgehead atoms. The van der Waals surface area contributed by atoms with Gasteiger partial charge in [0.15, 0.2) is 11.2 Å². The molecule has 0 aliphatic carbocycles. The van der Waals surface area contributed by atoms with E-state index in [0.29, 0.717) is 18.7 Å². The minimum atomic E-state index is -0.372. The summed E-state index contributed by atoms with van der Waals surface area (Å²) in [6.45, 7) is 2.68. The number of amides is 1. The molecule has 31 heavy (non-hydrogen) atoms. The van der Waals surface area contributed by atoms with Gasteiger partial charge >= 0.3 is 0 Å². The molecule has 4 aromatic rings. The van der Waals surface area contributed by atoms with Crippen LogP contribution in [0.15, 0.2) is 71.8 Å². The van der Waals surface area contributed by atoms with Crippen LogP contribution in [0.3, 0.4) is 0 Å². The lowest BCUT2D eigenvalue weighted by Gasteiger charge is -2.36. The summed E-state index contributed by atoms with van der Waals surface area (Å²) in [7, 11) is 0. The van der Waals surface area contributed by atoms with E-state index in [-0.39, 0.29) is 23.5 Å². The third-order valence-corrected chi connectivity index (χ3v) is 5.49. The molecule has 1 amide bonds. The molecule has 2 aromatic carbocycles. The molecule has 0 unspecified atom stereocenters. The van der Waals surface area contributed by atoms with Gasteiger partial charge in [0, 0.05) is 31.9 Å². The first kappa shape index (κ1) is 19.0. The van der Waals surface area contributed by atoms with Crippen LogP contribution >= 0.6 is 0 Å². The second-order valence-electron chi connectivity index (χ2n) is 7.39. The number of hydrogen-bond donors (Lipinski definition) is 0. The normalized spacial score (nSPS) is 14.2. The molecule has 1 saturated heterocycles. The standard InChI is InChI=1S/C22H21N7O2/c30-19(27-13-11-26(12-14-27)17-7-3-1-4-8-17)15-28-16-23-21-20(22(28)31)24-25-29(21)18-9-5-2-6-10-18/h1-10,16H,11-15H2. The Labute approximate surface area is 178 Å². The summed E-state index contributed by atoms with van der Waals surface area (Å²) < 4.78 is 2.82. The Morgan fingerprint density at radius 2 is 1.52 bits per heavy atom. The molecule has 1 aliphatic rings. The molecule has 9 heteroatoms. The highest BCUT2D eigenvalue weighted by molar-refractivity contribution is 5.77. The lowest BCUT2D eigenvalue weighted by Crippen LogP contribution is -2.50. The van der Waals surface area contributed by atoms with Gasteiger partial charge < -0.3 is 9.80 Å². The van der Waals surface area contributed by atoms with Gasteiger partial charge in [0.25, 0.3) is 5.56 Å². The number of rotatable bonds is 4. The highest BCUT2D eigenvalue weighted by Crippen LogP contribution is 2.16. The molecule has 0 atom stereocenters. The van der Waals surface area contributed by atoms with Crippen molar-refractivity contribution in [1.29, 1.82) is 0 Å². The lowest BCUT2D eigenvalue weighted by atomic mass is 10.2. The number of piperazine rings is 1. The Kier molecular flexibility index (Phi) is 4.91. The van der Waals surface area contributed by atoms with Crippen molar-refractivity contribution in [3.05, 3.63) is 77.3 Å². The third kappa shape index (κ3) is 3.65. The quantitative estimate of drug-likeness (QED) is 0.500. The number of carbonyl (C=O) groups excluding carboxylic acids is 1. The molecular formula is C22H21N7O2. The van der Waals surface area contributed by atoms with Crippen molar-refractivity contribution < 1.29 is 4.79 Å².